The zero-order valence-corrected chi connectivity index (χ0v) is 23.2. The molecule has 4 atom stereocenters. The molecule has 218 valence electrons. The van der Waals surface area contributed by atoms with Crippen LogP contribution in [0.2, 0.25) is 0 Å². The van der Waals surface area contributed by atoms with Gasteiger partial charge in [-0.3, -0.25) is 4.90 Å². The molecule has 2 aliphatic heterocycles. The van der Waals surface area contributed by atoms with Gasteiger partial charge in [0, 0.05) is 26.2 Å². The van der Waals surface area contributed by atoms with Gasteiger partial charge in [-0.25, -0.2) is 4.79 Å². The Morgan fingerprint density at radius 2 is 1.33 bits per heavy atom. The predicted octanol–water partition coefficient (Wildman–Crippen LogP) is 1.82. The van der Waals surface area contributed by atoms with Crippen LogP contribution in [0.4, 0.5) is 4.79 Å². The summed E-state index contributed by atoms with van der Waals surface area (Å²) >= 11 is 0. The molecule has 9 nitrogen and oxygen atoms in total. The molecule has 2 saturated carbocycles. The molecule has 4 fully saturated rings. The van der Waals surface area contributed by atoms with E-state index < -0.39 is 18.2 Å². The smallest absolute Gasteiger partial charge is 0.410 e. The lowest BCUT2D eigenvalue weighted by Crippen LogP contribution is -2.54. The molecule has 0 bridgehead atoms. The number of benzene rings is 1. The molecule has 2 heterocycles. The number of amides is 1. The van der Waals surface area contributed by atoms with Crippen molar-refractivity contribution in [2.75, 3.05) is 52.5 Å². The summed E-state index contributed by atoms with van der Waals surface area (Å²) in [6.45, 7) is 4.03. The monoisotopic (exact) mass is 545 g/mol. The van der Waals surface area contributed by atoms with Gasteiger partial charge in [-0.1, -0.05) is 30.3 Å². The topological polar surface area (TPSA) is 117 Å². The molecular formula is C30H47N3O6. The second-order valence-corrected chi connectivity index (χ2v) is 12.6. The van der Waals surface area contributed by atoms with E-state index in [0.29, 0.717) is 39.0 Å². The maximum atomic E-state index is 13.5. The van der Waals surface area contributed by atoms with Crippen molar-refractivity contribution >= 4 is 6.09 Å². The third kappa shape index (κ3) is 6.77. The first kappa shape index (κ1) is 28.8. The number of aliphatic hydroxyl groups is 4. The number of likely N-dealkylation sites (tertiary alicyclic amines) is 2. The predicted molar refractivity (Wildman–Crippen MR) is 147 cm³/mol. The summed E-state index contributed by atoms with van der Waals surface area (Å²) in [6.07, 6.45) is 6.29. The molecule has 4 aliphatic rings. The Labute approximate surface area is 232 Å². The molecule has 2 saturated heterocycles. The van der Waals surface area contributed by atoms with Crippen molar-refractivity contribution in [1.29, 1.82) is 0 Å². The van der Waals surface area contributed by atoms with Crippen molar-refractivity contribution in [3.8, 4) is 0 Å². The van der Waals surface area contributed by atoms with Crippen molar-refractivity contribution in [3.05, 3.63) is 35.9 Å². The average molecular weight is 546 g/mol. The second-order valence-electron chi connectivity index (χ2n) is 12.6. The highest BCUT2D eigenvalue weighted by molar-refractivity contribution is 5.68. The third-order valence-electron chi connectivity index (χ3n) is 10.1. The summed E-state index contributed by atoms with van der Waals surface area (Å²) in [5.41, 5.74) is 1.13. The van der Waals surface area contributed by atoms with E-state index in [9.17, 15) is 25.2 Å². The number of nitrogens with zero attached hydrogens (tertiary/aromatic N) is 3. The summed E-state index contributed by atoms with van der Waals surface area (Å²) in [5.74, 6) is 0. The van der Waals surface area contributed by atoms with Gasteiger partial charge in [0.1, 0.15) is 6.61 Å². The summed E-state index contributed by atoms with van der Waals surface area (Å²) in [7, 11) is 0. The van der Waals surface area contributed by atoms with E-state index in [1.54, 1.807) is 4.90 Å². The number of β-amino-alcohol motifs (C(OH)–C–C–N with tert-alkyl or cyclic N) is 2. The fourth-order valence-corrected chi connectivity index (χ4v) is 6.74. The number of carbonyl (C=O) groups is 1. The minimum Gasteiger partial charge on any atom is -0.445 e. The van der Waals surface area contributed by atoms with Crippen LogP contribution < -0.4 is 0 Å². The molecule has 4 N–H and O–H groups in total. The van der Waals surface area contributed by atoms with E-state index in [0.717, 1.165) is 57.2 Å². The van der Waals surface area contributed by atoms with Crippen molar-refractivity contribution < 1.29 is 30.0 Å². The zero-order chi connectivity index (χ0) is 27.5. The summed E-state index contributed by atoms with van der Waals surface area (Å²) in [4.78, 5) is 19.5. The van der Waals surface area contributed by atoms with Crippen LogP contribution in [0.25, 0.3) is 0 Å². The Kier molecular flexibility index (Phi) is 9.15. The number of carbonyl (C=O) groups excluding carboxylic acids is 1. The normalized spacial score (nSPS) is 27.3. The van der Waals surface area contributed by atoms with Gasteiger partial charge in [0.25, 0.3) is 0 Å². The molecule has 5 rings (SSSR count). The number of aliphatic hydroxyl groups excluding tert-OH is 4. The maximum absolute atomic E-state index is 13.5. The summed E-state index contributed by atoms with van der Waals surface area (Å²) in [6, 6.07) is 8.46. The number of ether oxygens (including phenoxy) is 1. The Bertz CT molecular complexity index is 892. The minimum atomic E-state index is -0.539. The Balaban J connectivity index is 1.22. The lowest BCUT2D eigenvalue weighted by molar-refractivity contribution is -0.0104. The average Bonchev–Trinajstić information content (AvgIpc) is 3.89. The number of piperidine rings is 2. The van der Waals surface area contributed by atoms with Crippen LogP contribution in [-0.4, -0.2) is 118 Å². The Morgan fingerprint density at radius 1 is 0.846 bits per heavy atom. The molecular weight excluding hydrogens is 498 g/mol. The van der Waals surface area contributed by atoms with E-state index in [1.807, 2.05) is 30.3 Å². The van der Waals surface area contributed by atoms with E-state index >= 15 is 0 Å². The van der Waals surface area contributed by atoms with Crippen molar-refractivity contribution in [3.63, 3.8) is 0 Å². The van der Waals surface area contributed by atoms with E-state index in [1.165, 1.54) is 0 Å². The molecule has 9 heteroatoms. The van der Waals surface area contributed by atoms with E-state index in [-0.39, 0.29) is 42.9 Å². The molecule has 39 heavy (non-hydrogen) atoms. The quantitative estimate of drug-likeness (QED) is 0.314. The Hall–Kier alpha value is -1.75. The molecule has 0 aromatic heterocycles. The van der Waals surface area contributed by atoms with Crippen molar-refractivity contribution in [2.24, 2.45) is 10.8 Å². The van der Waals surface area contributed by atoms with E-state index in [2.05, 4.69) is 9.80 Å². The van der Waals surface area contributed by atoms with Gasteiger partial charge < -0.3 is 35.0 Å². The van der Waals surface area contributed by atoms with Gasteiger partial charge in [0.2, 0.25) is 0 Å². The van der Waals surface area contributed by atoms with Crippen LogP contribution in [0, 0.1) is 10.8 Å². The van der Waals surface area contributed by atoms with Crippen molar-refractivity contribution in [2.45, 2.75) is 82.3 Å². The molecule has 1 amide bonds. The van der Waals surface area contributed by atoms with Crippen LogP contribution in [0.15, 0.2) is 30.3 Å². The highest BCUT2D eigenvalue weighted by Crippen LogP contribution is 2.54. The van der Waals surface area contributed by atoms with Crippen molar-refractivity contribution in [1.82, 2.24) is 14.7 Å². The van der Waals surface area contributed by atoms with Gasteiger partial charge in [0.05, 0.1) is 37.5 Å². The SMILES string of the molecule is O=C(OCc1ccccc1)N([C@H](CO)CCN1CCC2(CC2)C(O)C1)[C@H](CO)CCN1CCC2(CC2)C(O)C1. The molecule has 2 spiro atoms. The number of hydrogen-bond acceptors (Lipinski definition) is 8. The molecule has 1 aromatic rings. The minimum absolute atomic E-state index is 0.118. The fraction of sp³-hybridized carbons (Fsp3) is 0.767. The summed E-state index contributed by atoms with van der Waals surface area (Å²) < 4.78 is 5.70. The molecule has 1 aromatic carbocycles. The first-order valence-electron chi connectivity index (χ1n) is 14.9. The summed E-state index contributed by atoms with van der Waals surface area (Å²) in [5, 5.41) is 42.1. The van der Waals surface area contributed by atoms with Gasteiger partial charge in [-0.2, -0.15) is 0 Å². The molecule has 2 aliphatic carbocycles. The highest BCUT2D eigenvalue weighted by atomic mass is 16.6. The van der Waals surface area contributed by atoms with Gasteiger partial charge in [0.15, 0.2) is 0 Å². The lowest BCUT2D eigenvalue weighted by Gasteiger charge is -2.40. The second kappa shape index (κ2) is 12.4. The number of rotatable bonds is 12. The number of hydrogen-bond donors (Lipinski definition) is 4. The van der Waals surface area contributed by atoms with Crippen LogP contribution >= 0.6 is 0 Å². The lowest BCUT2D eigenvalue weighted by atomic mass is 9.90. The first-order chi connectivity index (χ1) is 18.9. The van der Waals surface area contributed by atoms with Gasteiger partial charge >= 0.3 is 6.09 Å². The Morgan fingerprint density at radius 3 is 1.74 bits per heavy atom. The standard InChI is InChI=1S/C30H47N3O6/c34-20-24(6-14-31-16-12-29(8-9-29)26(36)18-31)33(28(38)39-22-23-4-2-1-3-5-23)25(21-35)7-15-32-17-13-30(10-11-30)27(37)19-32/h1-5,24-27,34-37H,6-22H2/t24-,25-,26?,27?/m0/s1. The van der Waals surface area contributed by atoms with Crippen LogP contribution in [0.5, 0.6) is 0 Å². The van der Waals surface area contributed by atoms with Gasteiger partial charge in [-0.15, -0.1) is 0 Å². The van der Waals surface area contributed by atoms with Crippen LogP contribution in [-0.2, 0) is 11.3 Å². The van der Waals surface area contributed by atoms with Crippen LogP contribution in [0.1, 0.15) is 56.9 Å². The highest BCUT2D eigenvalue weighted by Gasteiger charge is 2.52. The van der Waals surface area contributed by atoms with Crippen LogP contribution in [0.3, 0.4) is 0 Å². The maximum Gasteiger partial charge on any atom is 0.410 e. The zero-order valence-electron chi connectivity index (χ0n) is 23.2. The largest absolute Gasteiger partial charge is 0.445 e. The fourth-order valence-electron chi connectivity index (χ4n) is 6.74. The van der Waals surface area contributed by atoms with E-state index in [4.69, 9.17) is 4.74 Å². The molecule has 2 unspecified atom stereocenters. The molecule has 0 radical (unpaired) electrons. The van der Waals surface area contributed by atoms with Gasteiger partial charge in [-0.05, 0) is 80.8 Å². The third-order valence-corrected chi connectivity index (χ3v) is 10.1. The first-order valence-corrected chi connectivity index (χ1v) is 14.9.